The highest BCUT2D eigenvalue weighted by atomic mass is 15.0. The van der Waals surface area contributed by atoms with Crippen LogP contribution in [0.25, 0.3) is 98.5 Å². The fourth-order valence-electron chi connectivity index (χ4n) is 9.11. The minimum atomic E-state index is 0.0156. The Morgan fingerprint density at radius 1 is 0.424 bits per heavy atom. The maximum atomic E-state index is 11.1. The average molecular weight is 750 g/mol. The molecule has 8 aromatic carbocycles. The largest absolute Gasteiger partial charge is 0.319 e. The van der Waals surface area contributed by atoms with Gasteiger partial charge in [-0.3, -0.25) is 0 Å². The highest BCUT2D eigenvalue weighted by molar-refractivity contribution is 6.19. The summed E-state index contributed by atoms with van der Waals surface area (Å²) in [4.78, 5) is 3.98. The third kappa shape index (κ3) is 4.71. The molecule has 59 heavy (non-hydrogen) atoms. The summed E-state index contributed by atoms with van der Waals surface area (Å²) < 4.78 is 6.48. The maximum absolute atomic E-state index is 11.1. The summed E-state index contributed by atoms with van der Waals surface area (Å²) >= 11 is 0. The molecule has 3 heterocycles. The molecule has 11 aromatic rings. The number of nitriles is 3. The van der Waals surface area contributed by atoms with E-state index in [1.807, 2.05) is 78.9 Å². The molecule has 0 bridgehead atoms. The maximum Gasteiger partial charge on any atom is 0.210 e. The second-order valence-electron chi connectivity index (χ2n) is 14.5. The van der Waals surface area contributed by atoms with Crippen LogP contribution in [0.5, 0.6) is 0 Å². The summed E-state index contributed by atoms with van der Waals surface area (Å²) in [7, 11) is 0. The Balaban J connectivity index is 1.28. The lowest BCUT2D eigenvalue weighted by Crippen LogP contribution is -2.05. The van der Waals surface area contributed by atoms with E-state index in [0.29, 0.717) is 28.2 Å². The molecule has 0 amide bonds. The first-order valence-corrected chi connectivity index (χ1v) is 19.1. The fraction of sp³-hybridized carbons (Fsp3) is 0. The van der Waals surface area contributed by atoms with Crippen LogP contribution < -0.4 is 0 Å². The lowest BCUT2D eigenvalue weighted by atomic mass is 9.92. The van der Waals surface area contributed by atoms with Gasteiger partial charge in [-0.2, -0.15) is 15.8 Å². The summed E-state index contributed by atoms with van der Waals surface area (Å²) in [5.41, 5.74) is 9.85. The molecule has 3 aromatic heterocycles. The first-order valence-electron chi connectivity index (χ1n) is 19.1. The van der Waals surface area contributed by atoms with E-state index in [1.165, 1.54) is 0 Å². The molecule has 0 aliphatic rings. The quantitative estimate of drug-likeness (QED) is 0.168. The van der Waals surface area contributed by atoms with Crippen molar-refractivity contribution in [1.82, 2.24) is 13.7 Å². The molecular weight excluding hydrogens is 723 g/mol. The average Bonchev–Trinajstić information content (AvgIpc) is 3.92. The van der Waals surface area contributed by atoms with Crippen LogP contribution >= 0.6 is 0 Å². The van der Waals surface area contributed by atoms with Gasteiger partial charge in [-0.25, -0.2) is 4.85 Å². The molecule has 0 saturated carbocycles. The first-order chi connectivity index (χ1) is 29.1. The van der Waals surface area contributed by atoms with Crippen molar-refractivity contribution >= 4 is 71.1 Å². The number of benzene rings is 8. The molecule has 0 saturated heterocycles. The Labute approximate surface area is 337 Å². The Hall–Kier alpha value is -8.88. The smallest absolute Gasteiger partial charge is 0.210 e. The molecule has 7 nitrogen and oxygen atoms in total. The molecule has 0 radical (unpaired) electrons. The van der Waals surface area contributed by atoms with Crippen molar-refractivity contribution in [2.24, 2.45) is 0 Å². The van der Waals surface area contributed by atoms with Crippen molar-refractivity contribution in [3.8, 4) is 46.4 Å². The van der Waals surface area contributed by atoms with Crippen LogP contribution in [0, 0.1) is 40.6 Å². The molecule has 7 heteroatoms. The van der Waals surface area contributed by atoms with Gasteiger partial charge in [-0.1, -0.05) is 103 Å². The Morgan fingerprint density at radius 3 is 1.46 bits per heavy atom. The van der Waals surface area contributed by atoms with Crippen LogP contribution in [0.1, 0.15) is 16.7 Å². The second kappa shape index (κ2) is 12.8. The monoisotopic (exact) mass is 749 g/mol. The van der Waals surface area contributed by atoms with E-state index < -0.39 is 0 Å². The van der Waals surface area contributed by atoms with Crippen LogP contribution in [0.15, 0.2) is 164 Å². The van der Waals surface area contributed by atoms with Gasteiger partial charge in [-0.15, -0.1) is 0 Å². The van der Waals surface area contributed by atoms with Gasteiger partial charge in [0.2, 0.25) is 5.69 Å². The number of rotatable bonds is 4. The third-order valence-electron chi connectivity index (χ3n) is 11.6. The van der Waals surface area contributed by atoms with Gasteiger partial charge in [0.05, 0.1) is 67.7 Å². The predicted molar refractivity (Wildman–Crippen MR) is 235 cm³/mol. The molecular formula is C52H27N7. The molecule has 11 rings (SSSR count). The number of hydrogen-bond acceptors (Lipinski definition) is 3. The predicted octanol–water partition coefficient (Wildman–Crippen LogP) is 12.8. The number of aromatic nitrogens is 3. The van der Waals surface area contributed by atoms with E-state index in [9.17, 15) is 15.8 Å². The minimum absolute atomic E-state index is 0.0156. The summed E-state index contributed by atoms with van der Waals surface area (Å²) in [6.07, 6.45) is 0. The van der Waals surface area contributed by atoms with E-state index in [1.54, 1.807) is 12.1 Å². The minimum Gasteiger partial charge on any atom is -0.319 e. The zero-order valence-corrected chi connectivity index (χ0v) is 31.2. The van der Waals surface area contributed by atoms with E-state index in [2.05, 4.69) is 110 Å². The lowest BCUT2D eigenvalue weighted by Gasteiger charge is -2.19. The van der Waals surface area contributed by atoms with Crippen molar-refractivity contribution in [1.29, 1.82) is 15.8 Å². The SMILES string of the molecule is [C-]#[N+]c1ccc(-c2cc(C#N)c(C#N)c(C#N)c2-n2c3ccccc3c3cc4c(cc32)c2ccccc2n4-c2ccccc2)cc1-n1c2ccccc2c2ccccc21. The molecule has 0 spiro atoms. The summed E-state index contributed by atoms with van der Waals surface area (Å²) in [5, 5.41) is 38.3. The van der Waals surface area contributed by atoms with Crippen molar-refractivity contribution < 1.29 is 0 Å². The Morgan fingerprint density at radius 2 is 0.915 bits per heavy atom. The van der Waals surface area contributed by atoms with Crippen molar-refractivity contribution in [3.05, 3.63) is 192 Å². The molecule has 270 valence electrons. The van der Waals surface area contributed by atoms with Crippen molar-refractivity contribution in [2.75, 3.05) is 0 Å². The summed E-state index contributed by atoms with van der Waals surface area (Å²) in [6, 6.07) is 61.6. The van der Waals surface area contributed by atoms with Gasteiger partial charge in [0, 0.05) is 43.6 Å². The molecule has 0 aliphatic heterocycles. The third-order valence-corrected chi connectivity index (χ3v) is 11.6. The normalized spacial score (nSPS) is 11.3. The van der Waals surface area contributed by atoms with Crippen molar-refractivity contribution in [2.45, 2.75) is 0 Å². The van der Waals surface area contributed by atoms with Gasteiger partial charge >= 0.3 is 0 Å². The van der Waals surface area contributed by atoms with Gasteiger partial charge in [0.15, 0.2) is 0 Å². The van der Waals surface area contributed by atoms with Crippen molar-refractivity contribution in [3.63, 3.8) is 0 Å². The standard InChI is InChI=1S/C52H27N7/c1-56-44-24-23-32(26-51(44)58-46-20-10-5-15-35(46)36-16-6-11-21-47(36)58)39-25-33(29-53)42(30-54)43(31-55)52(39)59-48-22-12-8-18-38(48)41-27-49-40(28-50(41)59)37-17-7-9-19-45(37)57(49)34-13-3-2-4-14-34/h2-28H. The number of nitrogens with zero attached hydrogens (tertiary/aromatic N) is 7. The zero-order valence-electron chi connectivity index (χ0n) is 31.2. The molecule has 0 aliphatic carbocycles. The van der Waals surface area contributed by atoms with Gasteiger partial charge in [0.25, 0.3) is 0 Å². The number of para-hydroxylation sites is 5. The summed E-state index contributed by atoms with van der Waals surface area (Å²) in [6.45, 7) is 8.26. The molecule has 0 N–H and O–H groups in total. The van der Waals surface area contributed by atoms with E-state index in [-0.39, 0.29) is 16.7 Å². The summed E-state index contributed by atoms with van der Waals surface area (Å²) in [5.74, 6) is 0. The highest BCUT2D eigenvalue weighted by Crippen LogP contribution is 2.45. The van der Waals surface area contributed by atoms with E-state index in [4.69, 9.17) is 6.57 Å². The lowest BCUT2D eigenvalue weighted by molar-refractivity contribution is 1.16. The second-order valence-corrected chi connectivity index (χ2v) is 14.5. The van der Waals surface area contributed by atoms with Crippen LogP contribution in [-0.4, -0.2) is 13.7 Å². The van der Waals surface area contributed by atoms with Gasteiger partial charge in [-0.05, 0) is 66.2 Å². The topological polar surface area (TPSA) is 90.5 Å². The highest BCUT2D eigenvalue weighted by Gasteiger charge is 2.26. The van der Waals surface area contributed by atoms with Crippen LogP contribution in [0.2, 0.25) is 0 Å². The molecule has 0 fully saturated rings. The Bertz CT molecular complexity index is 3720. The van der Waals surface area contributed by atoms with Gasteiger partial charge in [0.1, 0.15) is 18.2 Å². The fourth-order valence-corrected chi connectivity index (χ4v) is 9.11. The van der Waals surface area contributed by atoms with E-state index in [0.717, 1.165) is 71.1 Å². The van der Waals surface area contributed by atoms with Crippen LogP contribution in [0.4, 0.5) is 5.69 Å². The first kappa shape index (κ1) is 33.5. The number of hydrogen-bond donors (Lipinski definition) is 0. The Kier molecular flexibility index (Phi) is 7.28. The molecule has 0 unspecified atom stereocenters. The zero-order chi connectivity index (χ0) is 39.8. The van der Waals surface area contributed by atoms with E-state index >= 15 is 0 Å². The van der Waals surface area contributed by atoms with Gasteiger partial charge < -0.3 is 13.7 Å². The molecule has 0 atom stereocenters. The van der Waals surface area contributed by atoms with Crippen LogP contribution in [0.3, 0.4) is 0 Å². The number of fused-ring (bicyclic) bond motifs is 9. The van der Waals surface area contributed by atoms with Crippen LogP contribution in [-0.2, 0) is 0 Å².